The summed E-state index contributed by atoms with van der Waals surface area (Å²) in [6.07, 6.45) is 0.0845. The first-order valence-electron chi connectivity index (χ1n) is 33.8. The van der Waals surface area contributed by atoms with Gasteiger partial charge in [0.2, 0.25) is 41.4 Å². The van der Waals surface area contributed by atoms with Gasteiger partial charge in [-0.2, -0.15) is 0 Å². The van der Waals surface area contributed by atoms with E-state index >= 15 is 0 Å². The molecule has 37 nitrogen and oxygen atoms in total. The number of nitrogens with zero attached hydrogens (tertiary/aromatic N) is 7. The van der Waals surface area contributed by atoms with Crippen molar-refractivity contribution in [3.05, 3.63) is 0 Å². The molecule has 37 heteroatoms. The fraction of sp³-hybridized carbons (Fsp3) is 0.766. The minimum absolute atomic E-state index is 0.0517. The number of carbonyl (C=O) groups is 15. The van der Waals surface area contributed by atoms with Gasteiger partial charge in [-0.05, 0) is 0 Å². The lowest BCUT2D eigenvalue weighted by Crippen LogP contribution is -2.44. The second-order valence-corrected chi connectivity index (χ2v) is 23.0. The molecule has 0 radical (unpaired) electrons. The SMILES string of the molecule is COC(=O)CCN(CCNC(=O)CCN(CCC(=O)NCCN(CCC(=O)OC)CCC(=O)OC)CNC(=O)CCN(CCNC(C)=O)CCC(=O)NCN(CCC(=O)NCCN(CCC(=O)OC)CCC(=O)OC)CCC(=O)NCCN(CCC(=O)OC)CCC(=O)OC)CCC(=O)OC. The molecule has 0 rings (SSSR count). The number of nitrogens with one attached hydrogen (secondary N) is 7. The zero-order chi connectivity index (χ0) is 75.6. The van der Waals surface area contributed by atoms with Crippen molar-refractivity contribution >= 4 is 89.1 Å². The zero-order valence-corrected chi connectivity index (χ0v) is 60.8. The molecular weight excluding hydrogens is 1330 g/mol. The summed E-state index contributed by atoms with van der Waals surface area (Å²) >= 11 is 0. The smallest absolute Gasteiger partial charge is 0.306 e. The first-order chi connectivity index (χ1) is 48.3. The third-order valence-corrected chi connectivity index (χ3v) is 15.6. The molecule has 0 aromatic heterocycles. The summed E-state index contributed by atoms with van der Waals surface area (Å²) in [7, 11) is 10.1. The van der Waals surface area contributed by atoms with Gasteiger partial charge in [0.1, 0.15) is 0 Å². The maximum atomic E-state index is 13.6. The highest BCUT2D eigenvalue weighted by Gasteiger charge is 2.21. The van der Waals surface area contributed by atoms with E-state index in [0.717, 1.165) is 0 Å². The summed E-state index contributed by atoms with van der Waals surface area (Å²) in [5.41, 5.74) is 0. The third kappa shape index (κ3) is 53.3. The number of amides is 7. The number of esters is 8. The first-order valence-corrected chi connectivity index (χ1v) is 33.8. The number of ether oxygens (including phenoxy) is 8. The van der Waals surface area contributed by atoms with Gasteiger partial charge in [0.25, 0.3) is 0 Å². The van der Waals surface area contributed by atoms with E-state index in [2.05, 4.69) is 37.2 Å². The molecule has 0 atom stereocenters. The molecule has 0 aliphatic rings. The van der Waals surface area contributed by atoms with Crippen LogP contribution in [0.5, 0.6) is 0 Å². The lowest BCUT2D eigenvalue weighted by Gasteiger charge is -2.25. The molecule has 0 saturated heterocycles. The first kappa shape index (κ1) is 92.8. The Labute approximate surface area is 592 Å². The van der Waals surface area contributed by atoms with Gasteiger partial charge < -0.3 is 99.6 Å². The Kier molecular flexibility index (Phi) is 54.6. The van der Waals surface area contributed by atoms with E-state index in [0.29, 0.717) is 26.2 Å². The molecule has 0 bridgehead atoms. The number of hydrogen-bond donors (Lipinski definition) is 7. The van der Waals surface area contributed by atoms with E-state index in [-0.39, 0.29) is 264 Å². The minimum atomic E-state index is -0.446. The largest absolute Gasteiger partial charge is 0.469 e. The van der Waals surface area contributed by atoms with Gasteiger partial charge in [0, 0.05) is 203 Å². The Balaban J connectivity index is 6.27. The molecular formula is C64H114N14O23. The van der Waals surface area contributed by atoms with Gasteiger partial charge in [0.15, 0.2) is 0 Å². The molecule has 0 aromatic rings. The van der Waals surface area contributed by atoms with Crippen LogP contribution in [0.3, 0.4) is 0 Å². The Bertz CT molecular complexity index is 2150. The van der Waals surface area contributed by atoms with E-state index in [1.54, 1.807) is 9.80 Å². The normalized spacial score (nSPS) is 11.0. The van der Waals surface area contributed by atoms with Gasteiger partial charge in [-0.25, -0.2) is 0 Å². The van der Waals surface area contributed by atoms with Crippen molar-refractivity contribution < 1.29 is 110 Å². The van der Waals surface area contributed by atoms with E-state index < -0.39 is 59.6 Å². The van der Waals surface area contributed by atoms with Crippen LogP contribution in [-0.4, -0.2) is 351 Å². The van der Waals surface area contributed by atoms with E-state index in [9.17, 15) is 71.9 Å². The van der Waals surface area contributed by atoms with Crippen LogP contribution in [-0.2, 0) is 110 Å². The second-order valence-electron chi connectivity index (χ2n) is 23.0. The van der Waals surface area contributed by atoms with Gasteiger partial charge in [-0.3, -0.25) is 81.7 Å². The molecule has 0 aliphatic heterocycles. The fourth-order valence-electron chi connectivity index (χ4n) is 9.32. The van der Waals surface area contributed by atoms with Crippen LogP contribution in [0.25, 0.3) is 0 Å². The van der Waals surface area contributed by atoms with E-state index in [1.165, 1.54) is 63.8 Å². The number of methoxy groups -OCH3 is 8. The molecule has 578 valence electrons. The van der Waals surface area contributed by atoms with E-state index in [4.69, 9.17) is 37.9 Å². The molecule has 0 aromatic carbocycles. The van der Waals surface area contributed by atoms with Crippen LogP contribution in [0.2, 0.25) is 0 Å². The number of carbonyl (C=O) groups excluding carboxylic acids is 15. The van der Waals surface area contributed by atoms with Gasteiger partial charge in [0.05, 0.1) is 122 Å². The van der Waals surface area contributed by atoms with Gasteiger partial charge in [-0.15, -0.1) is 0 Å². The molecule has 0 unspecified atom stereocenters. The average molecular weight is 1450 g/mol. The average Bonchev–Trinajstić information content (AvgIpc) is 1.97. The lowest BCUT2D eigenvalue weighted by molar-refractivity contribution is -0.142. The number of rotatable bonds is 61. The Morgan fingerprint density at radius 2 is 0.347 bits per heavy atom. The predicted octanol–water partition coefficient (Wildman–Crippen LogP) is -4.31. The summed E-state index contributed by atoms with van der Waals surface area (Å²) in [4.78, 5) is 199. The van der Waals surface area contributed by atoms with Crippen molar-refractivity contribution in [3.8, 4) is 0 Å². The van der Waals surface area contributed by atoms with Crippen LogP contribution in [0.1, 0.15) is 96.8 Å². The molecule has 0 aliphatic carbocycles. The summed E-state index contributed by atoms with van der Waals surface area (Å²) in [6.45, 7) is 6.18. The lowest BCUT2D eigenvalue weighted by atomic mass is 10.3. The van der Waals surface area contributed by atoms with Crippen LogP contribution >= 0.6 is 0 Å². The zero-order valence-electron chi connectivity index (χ0n) is 60.8. The minimum Gasteiger partial charge on any atom is -0.469 e. The van der Waals surface area contributed by atoms with E-state index in [1.807, 2.05) is 24.5 Å². The third-order valence-electron chi connectivity index (χ3n) is 15.6. The topological polar surface area (TPSA) is 437 Å². The van der Waals surface area contributed by atoms with Crippen LogP contribution in [0.15, 0.2) is 0 Å². The van der Waals surface area contributed by atoms with Gasteiger partial charge in [-0.1, -0.05) is 0 Å². The molecule has 0 spiro atoms. The summed E-state index contributed by atoms with van der Waals surface area (Å²) < 4.78 is 38.0. The van der Waals surface area contributed by atoms with Crippen molar-refractivity contribution in [2.75, 3.05) is 227 Å². The highest BCUT2D eigenvalue weighted by atomic mass is 16.5. The molecule has 0 fully saturated rings. The summed E-state index contributed by atoms with van der Waals surface area (Å²) in [6, 6.07) is 0. The summed E-state index contributed by atoms with van der Waals surface area (Å²) in [5.74, 6) is -6.12. The highest BCUT2D eigenvalue weighted by molar-refractivity contribution is 5.79. The van der Waals surface area contributed by atoms with Crippen molar-refractivity contribution in [3.63, 3.8) is 0 Å². The summed E-state index contributed by atoms with van der Waals surface area (Å²) in [5, 5.41) is 19.8. The molecule has 7 amide bonds. The monoisotopic (exact) mass is 1450 g/mol. The molecule has 0 heterocycles. The van der Waals surface area contributed by atoms with Gasteiger partial charge >= 0.3 is 47.8 Å². The van der Waals surface area contributed by atoms with Crippen molar-refractivity contribution in [1.29, 1.82) is 0 Å². The van der Waals surface area contributed by atoms with Crippen molar-refractivity contribution in [1.82, 2.24) is 71.5 Å². The Morgan fingerprint density at radius 1 is 0.198 bits per heavy atom. The predicted molar refractivity (Wildman–Crippen MR) is 363 cm³/mol. The number of hydrogen-bond acceptors (Lipinski definition) is 30. The standard InChI is InChI=1S/C64H114N14O23/c1-50(79)65-24-43-72(29-10-55(84)70-48-77(31-12-51(80)66-25-44-73(35-16-57(86)94-2)36-17-58(87)95-3)32-13-52(81)67-26-45-74(37-18-59(88)96-4)38-19-60(89)97-5)30-11-56(85)71-49-78(33-14-53(82)68-27-46-75(39-20-61(90)98-6)40-21-62(91)99-7)34-15-54(83)69-28-47-76(41-22-63(92)100-8)42-23-64(93)101-9/h10-49H2,1-9H3,(H,65,79)(H,66,80)(H,67,81)(H,68,82)(H,69,83)(H,70,84)(H,71,85). The second kappa shape index (κ2) is 59.5. The maximum absolute atomic E-state index is 13.6. The molecule has 7 N–H and O–H groups in total. The maximum Gasteiger partial charge on any atom is 0.306 e. The van der Waals surface area contributed by atoms with Crippen molar-refractivity contribution in [2.45, 2.75) is 96.8 Å². The van der Waals surface area contributed by atoms with Crippen LogP contribution < -0.4 is 37.2 Å². The molecule has 101 heavy (non-hydrogen) atoms. The van der Waals surface area contributed by atoms with Crippen molar-refractivity contribution in [2.24, 2.45) is 0 Å². The van der Waals surface area contributed by atoms with Crippen LogP contribution in [0, 0.1) is 0 Å². The fourth-order valence-corrected chi connectivity index (χ4v) is 9.32. The quantitative estimate of drug-likeness (QED) is 0.0172. The Hall–Kier alpha value is -8.23. The Morgan fingerprint density at radius 3 is 0.515 bits per heavy atom. The highest BCUT2D eigenvalue weighted by Crippen LogP contribution is 2.05. The van der Waals surface area contributed by atoms with Crippen LogP contribution in [0.4, 0.5) is 0 Å². The molecule has 0 saturated carbocycles.